The number of carbonyl (C=O) groups excluding carboxylic acids is 1. The second-order valence-corrected chi connectivity index (χ2v) is 6.74. The molecule has 0 saturated carbocycles. The normalized spacial score (nSPS) is 16.0. The zero-order valence-corrected chi connectivity index (χ0v) is 15.7. The van der Waals surface area contributed by atoms with Gasteiger partial charge in [-0.15, -0.1) is 0 Å². The third kappa shape index (κ3) is 3.48. The van der Waals surface area contributed by atoms with Crippen molar-refractivity contribution >= 4 is 17.6 Å². The summed E-state index contributed by atoms with van der Waals surface area (Å²) in [7, 11) is 0. The fourth-order valence-corrected chi connectivity index (χ4v) is 3.19. The molecule has 7 nitrogen and oxygen atoms in total. The Morgan fingerprint density at radius 2 is 2.14 bits per heavy atom. The lowest BCUT2D eigenvalue weighted by Gasteiger charge is -2.28. The van der Waals surface area contributed by atoms with Gasteiger partial charge in [-0.3, -0.25) is 4.79 Å². The molecule has 1 aromatic heterocycles. The van der Waals surface area contributed by atoms with E-state index >= 15 is 0 Å². The minimum atomic E-state index is -1.30. The smallest absolute Gasteiger partial charge is 0.340 e. The van der Waals surface area contributed by atoms with Crippen LogP contribution >= 0.6 is 11.6 Å². The van der Waals surface area contributed by atoms with Gasteiger partial charge in [0.1, 0.15) is 23.8 Å². The fourth-order valence-electron chi connectivity index (χ4n) is 2.91. The molecule has 2 aromatic rings. The van der Waals surface area contributed by atoms with Gasteiger partial charge in [0.15, 0.2) is 5.76 Å². The highest BCUT2D eigenvalue weighted by atomic mass is 35.5. The summed E-state index contributed by atoms with van der Waals surface area (Å²) in [6.45, 7) is 2.66. The van der Waals surface area contributed by atoms with E-state index in [0.717, 1.165) is 12.1 Å². The Labute approximate surface area is 164 Å². The van der Waals surface area contributed by atoms with Gasteiger partial charge < -0.3 is 24.7 Å². The average molecular weight is 410 g/mol. The van der Waals surface area contributed by atoms with Gasteiger partial charge in [0.25, 0.3) is 0 Å². The maximum absolute atomic E-state index is 14.7. The van der Waals surface area contributed by atoms with Crippen molar-refractivity contribution in [3.05, 3.63) is 73.9 Å². The number of benzene rings is 1. The van der Waals surface area contributed by atoms with Gasteiger partial charge in [0, 0.05) is 16.7 Å². The lowest BCUT2D eigenvalue weighted by molar-refractivity contribution is -0.143. The van der Waals surface area contributed by atoms with Crippen LogP contribution in [0.25, 0.3) is 0 Å². The highest BCUT2D eigenvalue weighted by Crippen LogP contribution is 2.44. The summed E-state index contributed by atoms with van der Waals surface area (Å²) in [4.78, 5) is 25.1. The number of ether oxygens (including phenoxy) is 2. The van der Waals surface area contributed by atoms with E-state index in [2.05, 4.69) is 0 Å². The maximum Gasteiger partial charge on any atom is 0.340 e. The van der Waals surface area contributed by atoms with Gasteiger partial charge in [-0.1, -0.05) is 17.7 Å². The van der Waals surface area contributed by atoms with Crippen LogP contribution in [0.4, 0.5) is 4.39 Å². The molecule has 0 amide bonds. The molecule has 2 heterocycles. The van der Waals surface area contributed by atoms with Crippen molar-refractivity contribution < 1.29 is 28.2 Å². The molecule has 0 fully saturated rings. The summed E-state index contributed by atoms with van der Waals surface area (Å²) < 4.78 is 30.8. The molecule has 28 heavy (non-hydrogen) atoms. The number of nitrogens with two attached hydrogens (primary N) is 1. The Kier molecular flexibility index (Phi) is 5.44. The summed E-state index contributed by atoms with van der Waals surface area (Å²) in [5.74, 6) is -3.96. The van der Waals surface area contributed by atoms with E-state index in [1.807, 2.05) is 0 Å². The zero-order chi connectivity index (χ0) is 20.6. The second-order valence-electron chi connectivity index (χ2n) is 6.33. The minimum Gasteiger partial charge on any atom is -0.459 e. The van der Waals surface area contributed by atoms with Crippen LogP contribution in [0.3, 0.4) is 0 Å². The number of aliphatic hydroxyl groups is 1. The SMILES string of the molecule is CC(C)OC(=O)C1=C(N)Oc2c(oc(CO)cc2=O)C1c1c(F)cccc1Cl. The summed E-state index contributed by atoms with van der Waals surface area (Å²) in [5.41, 5.74) is 4.86. The van der Waals surface area contributed by atoms with E-state index in [9.17, 15) is 19.1 Å². The molecular formula is C19H17ClFNO6. The van der Waals surface area contributed by atoms with Crippen LogP contribution in [0.5, 0.6) is 5.75 Å². The lowest BCUT2D eigenvalue weighted by atomic mass is 9.86. The molecule has 3 rings (SSSR count). The number of aliphatic hydroxyl groups excluding tert-OH is 1. The first-order chi connectivity index (χ1) is 13.2. The Morgan fingerprint density at radius 3 is 2.75 bits per heavy atom. The van der Waals surface area contributed by atoms with Crippen molar-refractivity contribution in [1.29, 1.82) is 0 Å². The van der Waals surface area contributed by atoms with Gasteiger partial charge in [0.2, 0.25) is 17.1 Å². The quantitative estimate of drug-likeness (QED) is 0.746. The topological polar surface area (TPSA) is 112 Å². The van der Waals surface area contributed by atoms with E-state index in [-0.39, 0.29) is 33.4 Å². The van der Waals surface area contributed by atoms with E-state index < -0.39 is 41.7 Å². The van der Waals surface area contributed by atoms with E-state index in [0.29, 0.717) is 0 Å². The molecule has 0 bridgehead atoms. The summed E-state index contributed by atoms with van der Waals surface area (Å²) in [6, 6.07) is 4.97. The molecule has 0 aliphatic carbocycles. The molecule has 1 aromatic carbocycles. The molecule has 1 aliphatic rings. The van der Waals surface area contributed by atoms with E-state index in [1.165, 1.54) is 12.1 Å². The minimum absolute atomic E-state index is 0.0162. The molecule has 3 N–H and O–H groups in total. The standard InChI is InChI=1S/C19H17ClFNO6/c1-8(2)26-19(25)15-14(13-10(20)4-3-5-11(13)21)17-16(28-18(15)22)12(24)6-9(7-23)27-17/h3-6,8,14,23H,7,22H2,1-2H3. The van der Waals surface area contributed by atoms with Gasteiger partial charge in [0.05, 0.1) is 12.0 Å². The van der Waals surface area contributed by atoms with Crippen LogP contribution in [-0.2, 0) is 16.1 Å². The first kappa shape index (κ1) is 19.9. The molecular weight excluding hydrogens is 393 g/mol. The Morgan fingerprint density at radius 1 is 1.43 bits per heavy atom. The van der Waals surface area contributed by atoms with Crippen molar-refractivity contribution in [2.75, 3.05) is 0 Å². The van der Waals surface area contributed by atoms with Crippen molar-refractivity contribution in [3.63, 3.8) is 0 Å². The number of hydrogen-bond donors (Lipinski definition) is 2. The van der Waals surface area contributed by atoms with Gasteiger partial charge >= 0.3 is 5.97 Å². The number of hydrogen-bond acceptors (Lipinski definition) is 7. The number of fused-ring (bicyclic) bond motifs is 1. The molecule has 1 atom stereocenters. The summed E-state index contributed by atoms with van der Waals surface area (Å²) in [5, 5.41) is 9.36. The molecule has 0 radical (unpaired) electrons. The first-order valence-corrected chi connectivity index (χ1v) is 8.72. The maximum atomic E-state index is 14.7. The largest absolute Gasteiger partial charge is 0.459 e. The van der Waals surface area contributed by atoms with Crippen molar-refractivity contribution in [2.45, 2.75) is 32.5 Å². The number of esters is 1. The Bertz CT molecular complexity index is 1010. The van der Waals surface area contributed by atoms with Crippen LogP contribution in [0.1, 0.15) is 36.8 Å². The van der Waals surface area contributed by atoms with Crippen LogP contribution in [0.2, 0.25) is 5.02 Å². The predicted octanol–water partition coefficient (Wildman–Crippen LogP) is 2.57. The lowest BCUT2D eigenvalue weighted by Crippen LogP contribution is -2.31. The highest BCUT2D eigenvalue weighted by molar-refractivity contribution is 6.31. The molecule has 148 valence electrons. The molecule has 1 unspecified atom stereocenters. The van der Waals surface area contributed by atoms with Crippen molar-refractivity contribution in [3.8, 4) is 5.75 Å². The van der Waals surface area contributed by atoms with Gasteiger partial charge in [-0.2, -0.15) is 0 Å². The third-order valence-electron chi connectivity index (χ3n) is 4.02. The number of carbonyl (C=O) groups is 1. The number of halogens is 2. The van der Waals surface area contributed by atoms with Crippen LogP contribution < -0.4 is 15.9 Å². The van der Waals surface area contributed by atoms with E-state index in [4.69, 9.17) is 31.2 Å². The Hall–Kier alpha value is -2.84. The number of rotatable bonds is 4. The van der Waals surface area contributed by atoms with Crippen molar-refractivity contribution in [1.82, 2.24) is 0 Å². The molecule has 0 saturated heterocycles. The summed E-state index contributed by atoms with van der Waals surface area (Å²) in [6.07, 6.45) is -0.498. The van der Waals surface area contributed by atoms with Gasteiger partial charge in [-0.05, 0) is 26.0 Å². The van der Waals surface area contributed by atoms with Crippen LogP contribution in [0, 0.1) is 5.82 Å². The second kappa shape index (κ2) is 7.65. The van der Waals surface area contributed by atoms with E-state index in [1.54, 1.807) is 13.8 Å². The summed E-state index contributed by atoms with van der Waals surface area (Å²) >= 11 is 6.20. The van der Waals surface area contributed by atoms with Crippen LogP contribution in [-0.4, -0.2) is 17.2 Å². The first-order valence-electron chi connectivity index (χ1n) is 8.34. The van der Waals surface area contributed by atoms with Gasteiger partial charge in [-0.25, -0.2) is 9.18 Å². The molecule has 0 spiro atoms. The average Bonchev–Trinajstić information content (AvgIpc) is 2.61. The predicted molar refractivity (Wildman–Crippen MR) is 97.2 cm³/mol. The molecule has 9 heteroatoms. The zero-order valence-electron chi connectivity index (χ0n) is 15.0. The monoisotopic (exact) mass is 409 g/mol. The fraction of sp³-hybridized carbons (Fsp3) is 0.263. The highest BCUT2D eigenvalue weighted by Gasteiger charge is 2.41. The third-order valence-corrected chi connectivity index (χ3v) is 4.35. The molecule has 1 aliphatic heterocycles. The van der Waals surface area contributed by atoms with Crippen LogP contribution in [0.15, 0.2) is 44.9 Å². The van der Waals surface area contributed by atoms with Crippen molar-refractivity contribution in [2.24, 2.45) is 5.73 Å². The Balaban J connectivity index is 2.33.